The lowest BCUT2D eigenvalue weighted by molar-refractivity contribution is -0.0756. The highest BCUT2D eigenvalue weighted by atomic mass is 16.7. The minimum atomic E-state index is -0.816. The smallest absolute Gasteiger partial charge is 0.299 e. The number of nitriles is 1. The van der Waals surface area contributed by atoms with Crippen molar-refractivity contribution in [2.45, 2.75) is 39.7 Å². The zero-order chi connectivity index (χ0) is 24.0. The van der Waals surface area contributed by atoms with Gasteiger partial charge in [-0.25, -0.2) is 9.35 Å². The third kappa shape index (κ3) is 5.42. The number of nitrogens with zero attached hydrogens (tertiary/aromatic N) is 4. The van der Waals surface area contributed by atoms with E-state index in [4.69, 9.17) is 15.3 Å². The molecule has 1 aromatic carbocycles. The van der Waals surface area contributed by atoms with E-state index in [9.17, 15) is 10.1 Å². The first-order valence-electron chi connectivity index (χ1n) is 10.8. The molecule has 0 aliphatic carbocycles. The molecule has 9 heteroatoms. The number of carbonyl (C=O) groups excluding carboxylic acids is 1. The minimum Gasteiger partial charge on any atom is -0.494 e. The summed E-state index contributed by atoms with van der Waals surface area (Å²) in [6, 6.07) is 10.8. The number of ether oxygens (including phenoxy) is 1. The predicted molar refractivity (Wildman–Crippen MR) is 125 cm³/mol. The number of anilines is 1. The molecular formula is C24H29N6O3. The number of hydrogen-bond donors (Lipinski definition) is 2. The van der Waals surface area contributed by atoms with Gasteiger partial charge in [0.25, 0.3) is 5.91 Å². The zero-order valence-corrected chi connectivity index (χ0v) is 19.4. The lowest BCUT2D eigenvalue weighted by atomic mass is 9.97. The Morgan fingerprint density at radius 2 is 2.03 bits per heavy atom. The average Bonchev–Trinajstić information content (AvgIpc) is 3.28. The monoisotopic (exact) mass is 449 g/mol. The molecule has 0 aliphatic heterocycles. The normalized spacial score (nSPS) is 11.3. The van der Waals surface area contributed by atoms with Crippen molar-refractivity contribution >= 4 is 17.1 Å². The second-order valence-electron chi connectivity index (χ2n) is 8.16. The number of rotatable bonds is 10. The number of carbonyl (C=O) groups is 1. The van der Waals surface area contributed by atoms with Crippen LogP contribution in [-0.4, -0.2) is 40.8 Å². The molecule has 0 saturated carbocycles. The molecule has 1 amide bonds. The molecule has 0 spiro atoms. The van der Waals surface area contributed by atoms with E-state index < -0.39 is 11.5 Å². The van der Waals surface area contributed by atoms with E-state index in [1.54, 1.807) is 41.0 Å². The second-order valence-corrected chi connectivity index (χ2v) is 8.16. The topological polar surface area (TPSA) is 129 Å². The number of pyridine rings is 1. The van der Waals surface area contributed by atoms with Crippen molar-refractivity contribution in [3.63, 3.8) is 0 Å². The van der Waals surface area contributed by atoms with Crippen LogP contribution < -0.4 is 21.3 Å². The number of fused-ring (bicyclic) bond motifs is 1. The highest BCUT2D eigenvalue weighted by Crippen LogP contribution is 2.30. The summed E-state index contributed by atoms with van der Waals surface area (Å²) in [4.78, 5) is 18.2. The second kappa shape index (κ2) is 10.3. The van der Waals surface area contributed by atoms with E-state index in [2.05, 4.69) is 22.0 Å². The van der Waals surface area contributed by atoms with Crippen molar-refractivity contribution in [3.8, 4) is 11.8 Å². The molecule has 2 aromatic heterocycles. The Bertz CT molecular complexity index is 1160. The van der Waals surface area contributed by atoms with Crippen molar-refractivity contribution in [1.29, 1.82) is 5.26 Å². The fourth-order valence-corrected chi connectivity index (χ4v) is 3.58. The van der Waals surface area contributed by atoms with Crippen molar-refractivity contribution in [2.24, 2.45) is 5.73 Å². The summed E-state index contributed by atoms with van der Waals surface area (Å²) < 4.78 is 7.13. The van der Waals surface area contributed by atoms with Crippen LogP contribution in [0.4, 0.5) is 5.69 Å². The summed E-state index contributed by atoms with van der Waals surface area (Å²) in [5.74, 6) is 0.214. The Labute approximate surface area is 193 Å². The largest absolute Gasteiger partial charge is 0.494 e. The number of nitrogens with two attached hydrogens (primary N) is 1. The number of aromatic nitrogens is 2. The van der Waals surface area contributed by atoms with Crippen LogP contribution in [0.1, 0.15) is 48.0 Å². The first-order valence-corrected chi connectivity index (χ1v) is 10.8. The summed E-state index contributed by atoms with van der Waals surface area (Å²) in [5, 5.41) is 17.4. The highest BCUT2D eigenvalue weighted by molar-refractivity contribution is 5.93. The third-order valence-corrected chi connectivity index (χ3v) is 5.15. The van der Waals surface area contributed by atoms with Gasteiger partial charge in [0.05, 0.1) is 35.3 Å². The van der Waals surface area contributed by atoms with Crippen molar-refractivity contribution in [1.82, 2.24) is 15.1 Å². The number of nitrogens with one attached hydrogen (secondary N) is 1. The van der Waals surface area contributed by atoms with Crippen LogP contribution >= 0.6 is 0 Å². The van der Waals surface area contributed by atoms with Gasteiger partial charge in [-0.2, -0.15) is 10.4 Å². The Kier molecular flexibility index (Phi) is 7.53. The summed E-state index contributed by atoms with van der Waals surface area (Å²) in [5.41, 5.74) is 12.7. The maximum Gasteiger partial charge on any atom is 0.299 e. The van der Waals surface area contributed by atoms with Crippen LogP contribution in [0.15, 0.2) is 36.5 Å². The number of amides is 1. The molecule has 0 aliphatic rings. The molecule has 173 valence electrons. The fourth-order valence-electron chi connectivity index (χ4n) is 3.58. The molecule has 9 nitrogen and oxygen atoms in total. The summed E-state index contributed by atoms with van der Waals surface area (Å²) in [6.07, 6.45) is 2.06. The van der Waals surface area contributed by atoms with Crippen LogP contribution in [0.25, 0.3) is 5.52 Å². The van der Waals surface area contributed by atoms with E-state index in [1.165, 1.54) is 0 Å². The number of hydrogen-bond acceptors (Lipinski definition) is 7. The van der Waals surface area contributed by atoms with Crippen LogP contribution in [0, 0.1) is 18.3 Å². The average molecular weight is 450 g/mol. The van der Waals surface area contributed by atoms with Gasteiger partial charge in [0.2, 0.25) is 0 Å². The Morgan fingerprint density at radius 1 is 1.30 bits per heavy atom. The Balaban J connectivity index is 1.81. The third-order valence-electron chi connectivity index (χ3n) is 5.15. The molecule has 3 N–H and O–H groups in total. The molecular weight excluding hydrogens is 420 g/mol. The molecule has 0 atom stereocenters. The SMILES string of the molecule is CCOc1ccc(C(=O)[N]OC(C)(C)Cc2c(C)c(NCCN)c(C#N)c3ccnn23)cc1. The van der Waals surface area contributed by atoms with E-state index in [-0.39, 0.29) is 0 Å². The molecule has 0 bridgehead atoms. The summed E-state index contributed by atoms with van der Waals surface area (Å²) in [7, 11) is 0. The number of hydroxylamine groups is 1. The zero-order valence-electron chi connectivity index (χ0n) is 19.4. The van der Waals surface area contributed by atoms with Crippen LogP contribution in [0.2, 0.25) is 0 Å². The van der Waals surface area contributed by atoms with Gasteiger partial charge < -0.3 is 15.8 Å². The highest BCUT2D eigenvalue weighted by Gasteiger charge is 2.27. The van der Waals surface area contributed by atoms with Crippen molar-refractivity contribution < 1.29 is 14.4 Å². The lowest BCUT2D eigenvalue weighted by Gasteiger charge is -2.25. The molecule has 3 aromatic rings. The lowest BCUT2D eigenvalue weighted by Crippen LogP contribution is -2.34. The van der Waals surface area contributed by atoms with Gasteiger partial charge in [-0.3, -0.25) is 4.79 Å². The molecule has 0 saturated heterocycles. The van der Waals surface area contributed by atoms with Gasteiger partial charge in [-0.1, -0.05) is 5.48 Å². The van der Waals surface area contributed by atoms with E-state index in [0.29, 0.717) is 48.5 Å². The van der Waals surface area contributed by atoms with Crippen LogP contribution in [0.3, 0.4) is 0 Å². The molecule has 3 rings (SSSR count). The maximum atomic E-state index is 12.5. The molecule has 0 fully saturated rings. The van der Waals surface area contributed by atoms with Crippen molar-refractivity contribution in [3.05, 3.63) is 58.9 Å². The summed E-state index contributed by atoms with van der Waals surface area (Å²) in [6.45, 7) is 9.04. The molecule has 33 heavy (non-hydrogen) atoms. The predicted octanol–water partition coefficient (Wildman–Crippen LogP) is 2.98. The van der Waals surface area contributed by atoms with Crippen LogP contribution in [-0.2, 0) is 11.3 Å². The minimum absolute atomic E-state index is 0.403. The van der Waals surface area contributed by atoms with Gasteiger partial charge >= 0.3 is 0 Å². The van der Waals surface area contributed by atoms with Gasteiger partial charge in [-0.15, -0.1) is 0 Å². The number of benzene rings is 1. The van der Waals surface area contributed by atoms with Crippen LogP contribution in [0.5, 0.6) is 5.75 Å². The summed E-state index contributed by atoms with van der Waals surface area (Å²) >= 11 is 0. The van der Waals surface area contributed by atoms with Gasteiger partial charge in [-0.05, 0) is 63.6 Å². The first kappa shape index (κ1) is 24.0. The maximum absolute atomic E-state index is 12.5. The van der Waals surface area contributed by atoms with Gasteiger partial charge in [0, 0.05) is 25.1 Å². The molecule has 1 radical (unpaired) electrons. The first-order chi connectivity index (χ1) is 15.8. The van der Waals surface area contributed by atoms with Crippen molar-refractivity contribution in [2.75, 3.05) is 25.0 Å². The Hall–Kier alpha value is -3.61. The van der Waals surface area contributed by atoms with Gasteiger partial charge in [0.15, 0.2) is 0 Å². The Morgan fingerprint density at radius 3 is 2.67 bits per heavy atom. The van der Waals surface area contributed by atoms with Gasteiger partial charge in [0.1, 0.15) is 17.4 Å². The fraction of sp³-hybridized carbons (Fsp3) is 0.375. The van der Waals surface area contributed by atoms with E-state index in [1.807, 2.05) is 27.7 Å². The quantitative estimate of drug-likeness (QED) is 0.455. The molecule has 2 heterocycles. The van der Waals surface area contributed by atoms with E-state index >= 15 is 0 Å². The standard InChI is InChI=1S/C24H29N6O3/c1-5-32-18-8-6-17(7-9-18)23(31)29-33-24(3,4)14-21-16(2)22(27-13-11-25)19(15-26)20-10-12-28-30(20)21/h6-10,12,27H,5,11,13-14,25H2,1-4H3. The van der Waals surface area contributed by atoms with E-state index in [0.717, 1.165) is 16.9 Å². The molecule has 0 unspecified atom stereocenters.